The van der Waals surface area contributed by atoms with E-state index >= 15 is 0 Å². The van der Waals surface area contributed by atoms with Crippen LogP contribution in [0, 0.1) is 17.2 Å². The van der Waals surface area contributed by atoms with Gasteiger partial charge in [0.1, 0.15) is 6.07 Å². The Morgan fingerprint density at radius 3 is 2.95 bits per heavy atom. The van der Waals surface area contributed by atoms with E-state index in [1.165, 1.54) is 6.20 Å². The summed E-state index contributed by atoms with van der Waals surface area (Å²) in [6, 6.07) is 3.51. The van der Waals surface area contributed by atoms with Crippen molar-refractivity contribution in [1.82, 2.24) is 15.4 Å². The Morgan fingerprint density at radius 1 is 1.57 bits per heavy atom. The van der Waals surface area contributed by atoms with Crippen LogP contribution in [0.3, 0.4) is 0 Å². The molecule has 0 aromatic carbocycles. The summed E-state index contributed by atoms with van der Waals surface area (Å²) in [5, 5.41) is 10.4. The van der Waals surface area contributed by atoms with Crippen LogP contribution in [-0.2, 0) is 4.74 Å². The fourth-order valence-corrected chi connectivity index (χ4v) is 1.57. The van der Waals surface area contributed by atoms with E-state index in [0.717, 1.165) is 12.8 Å². The van der Waals surface area contributed by atoms with Gasteiger partial charge in [-0.05, 0) is 12.3 Å². The van der Waals surface area contributed by atoms with E-state index in [1.54, 1.807) is 11.1 Å². The summed E-state index contributed by atoms with van der Waals surface area (Å²) in [4.78, 5) is 19.6. The van der Waals surface area contributed by atoms with Gasteiger partial charge in [-0.25, -0.2) is 15.2 Å². The number of nitriles is 1. The van der Waals surface area contributed by atoms with Crippen molar-refractivity contribution in [3.05, 3.63) is 18.1 Å². The van der Waals surface area contributed by atoms with Gasteiger partial charge in [-0.3, -0.25) is 5.01 Å². The van der Waals surface area contributed by atoms with E-state index < -0.39 is 6.09 Å². The highest BCUT2D eigenvalue weighted by Gasteiger charge is 2.14. The number of nitrogens with one attached hydrogen (secondary N) is 1. The molecule has 1 aromatic heterocycles. The molecular weight excluding hydrogens is 270 g/mol. The number of hydrogen-bond donors (Lipinski definition) is 1. The number of carbonyl (C=O) groups excluding carboxylic acids is 1. The van der Waals surface area contributed by atoms with Crippen molar-refractivity contribution in [2.45, 2.75) is 33.6 Å². The maximum atomic E-state index is 11.8. The number of carbonyl (C=O) groups is 1. The molecule has 0 radical (unpaired) electrons. The van der Waals surface area contributed by atoms with Crippen LogP contribution in [0.5, 0.6) is 0 Å². The first-order valence-corrected chi connectivity index (χ1v) is 7.01. The number of hydrogen-bond acceptors (Lipinski definition) is 6. The van der Waals surface area contributed by atoms with Gasteiger partial charge < -0.3 is 4.74 Å². The molecule has 0 atom stereocenters. The monoisotopic (exact) mass is 291 g/mol. The van der Waals surface area contributed by atoms with Gasteiger partial charge >= 0.3 is 6.09 Å². The Kier molecular flexibility index (Phi) is 6.95. The highest BCUT2D eigenvalue weighted by Crippen LogP contribution is 2.10. The zero-order valence-electron chi connectivity index (χ0n) is 12.7. The Hall–Kier alpha value is -2.36. The van der Waals surface area contributed by atoms with Crippen molar-refractivity contribution in [1.29, 1.82) is 5.26 Å². The van der Waals surface area contributed by atoms with Crippen LogP contribution in [0.25, 0.3) is 0 Å². The molecule has 1 rings (SSSR count). The molecule has 21 heavy (non-hydrogen) atoms. The average molecular weight is 291 g/mol. The first-order valence-electron chi connectivity index (χ1n) is 7.01. The van der Waals surface area contributed by atoms with Crippen molar-refractivity contribution in [2.24, 2.45) is 5.92 Å². The van der Waals surface area contributed by atoms with Gasteiger partial charge in [0.05, 0.1) is 6.61 Å². The van der Waals surface area contributed by atoms with Crippen LogP contribution in [0.4, 0.5) is 10.6 Å². The number of hydrazine groups is 1. The summed E-state index contributed by atoms with van der Waals surface area (Å²) >= 11 is 0. The third kappa shape index (κ3) is 6.08. The molecule has 1 N–H and O–H groups in total. The van der Waals surface area contributed by atoms with Gasteiger partial charge in [0.15, 0.2) is 5.82 Å². The first-order chi connectivity index (χ1) is 10.1. The summed E-state index contributed by atoms with van der Waals surface area (Å²) in [5.74, 6) is 0.812. The lowest BCUT2D eigenvalue weighted by Crippen LogP contribution is -2.45. The molecule has 7 nitrogen and oxygen atoms in total. The van der Waals surface area contributed by atoms with Crippen LogP contribution >= 0.6 is 0 Å². The third-order valence-electron chi connectivity index (χ3n) is 2.52. The fourth-order valence-electron chi connectivity index (χ4n) is 1.57. The predicted octanol–water partition coefficient (Wildman–Crippen LogP) is 2.25. The molecule has 1 heterocycles. The van der Waals surface area contributed by atoms with Crippen molar-refractivity contribution < 1.29 is 9.53 Å². The highest BCUT2D eigenvalue weighted by molar-refractivity contribution is 5.69. The number of aromatic nitrogens is 2. The molecule has 0 fully saturated rings. The minimum atomic E-state index is -0.527. The minimum absolute atomic E-state index is 0.0578. The van der Waals surface area contributed by atoms with Crippen LogP contribution in [-0.4, -0.2) is 29.2 Å². The molecular formula is C14H21N5O2. The van der Waals surface area contributed by atoms with Crippen molar-refractivity contribution >= 4 is 11.9 Å². The quantitative estimate of drug-likeness (QED) is 0.612. The molecule has 0 aliphatic heterocycles. The minimum Gasteiger partial charge on any atom is -0.448 e. The van der Waals surface area contributed by atoms with Gasteiger partial charge in [-0.1, -0.05) is 27.2 Å². The van der Waals surface area contributed by atoms with E-state index in [0.29, 0.717) is 24.9 Å². The molecule has 0 bridgehead atoms. The van der Waals surface area contributed by atoms with Crippen molar-refractivity contribution in [3.63, 3.8) is 0 Å². The Balaban J connectivity index is 2.75. The molecule has 0 spiro atoms. The van der Waals surface area contributed by atoms with Crippen molar-refractivity contribution in [3.8, 4) is 6.07 Å². The summed E-state index contributed by atoms with van der Waals surface area (Å²) < 4.78 is 5.07. The second-order valence-corrected chi connectivity index (χ2v) is 4.96. The normalized spacial score (nSPS) is 10.0. The maximum absolute atomic E-state index is 11.8. The molecule has 7 heteroatoms. The van der Waals surface area contributed by atoms with E-state index in [4.69, 9.17) is 10.00 Å². The average Bonchev–Trinajstić information content (AvgIpc) is 2.46. The first kappa shape index (κ1) is 16.7. The van der Waals surface area contributed by atoms with Gasteiger partial charge in [-0.2, -0.15) is 10.2 Å². The summed E-state index contributed by atoms with van der Waals surface area (Å²) in [7, 11) is 0. The van der Waals surface area contributed by atoms with Gasteiger partial charge in [0.2, 0.25) is 5.82 Å². The standard InChI is InChI=1S/C14H21N5O2/c1-4-5-8-21-14(20)18-19(10-11(2)3)13-6-7-16-12(9-15)17-13/h6-7,11H,4-5,8,10H2,1-3H3,(H,18,20). The SMILES string of the molecule is CCCCOC(=O)NN(CC(C)C)c1ccnc(C#N)n1. The Morgan fingerprint density at radius 2 is 2.33 bits per heavy atom. The number of rotatable bonds is 7. The van der Waals surface area contributed by atoms with E-state index in [2.05, 4.69) is 15.4 Å². The maximum Gasteiger partial charge on any atom is 0.426 e. The summed E-state index contributed by atoms with van der Waals surface area (Å²) in [6.45, 7) is 6.99. The lowest BCUT2D eigenvalue weighted by Gasteiger charge is -2.25. The summed E-state index contributed by atoms with van der Waals surface area (Å²) in [5.41, 5.74) is 2.65. The number of nitrogens with zero attached hydrogens (tertiary/aromatic N) is 4. The topological polar surface area (TPSA) is 91.1 Å². The zero-order chi connectivity index (χ0) is 15.7. The van der Waals surface area contributed by atoms with Gasteiger partial charge in [0, 0.05) is 18.8 Å². The second kappa shape index (κ2) is 8.74. The molecule has 1 amide bonds. The highest BCUT2D eigenvalue weighted by atomic mass is 16.6. The predicted molar refractivity (Wildman–Crippen MR) is 78.3 cm³/mol. The molecule has 0 saturated heterocycles. The lowest BCUT2D eigenvalue weighted by molar-refractivity contribution is 0.143. The number of amides is 1. The van der Waals surface area contributed by atoms with E-state index in [9.17, 15) is 4.79 Å². The smallest absolute Gasteiger partial charge is 0.426 e. The van der Waals surface area contributed by atoms with Gasteiger partial charge in [-0.15, -0.1) is 0 Å². The second-order valence-electron chi connectivity index (χ2n) is 4.96. The Bertz CT molecular complexity index is 498. The molecule has 0 saturated carbocycles. The fraction of sp³-hybridized carbons (Fsp3) is 0.571. The third-order valence-corrected chi connectivity index (χ3v) is 2.52. The van der Waals surface area contributed by atoms with Crippen LogP contribution < -0.4 is 10.4 Å². The molecule has 1 aromatic rings. The lowest BCUT2D eigenvalue weighted by atomic mass is 10.2. The van der Waals surface area contributed by atoms with Crippen LogP contribution in [0.1, 0.15) is 39.4 Å². The van der Waals surface area contributed by atoms with Crippen molar-refractivity contribution in [2.75, 3.05) is 18.2 Å². The van der Waals surface area contributed by atoms with Crippen LogP contribution in [0.15, 0.2) is 12.3 Å². The van der Waals surface area contributed by atoms with E-state index in [-0.39, 0.29) is 5.82 Å². The Labute approximate surface area is 124 Å². The number of anilines is 1. The largest absolute Gasteiger partial charge is 0.448 e. The molecule has 0 aliphatic rings. The van der Waals surface area contributed by atoms with E-state index in [1.807, 2.05) is 26.8 Å². The molecule has 0 unspecified atom stereocenters. The zero-order valence-corrected chi connectivity index (χ0v) is 12.7. The number of unbranched alkanes of at least 4 members (excludes halogenated alkanes) is 1. The van der Waals surface area contributed by atoms with Crippen LogP contribution in [0.2, 0.25) is 0 Å². The number of ether oxygens (including phenoxy) is 1. The molecule has 114 valence electrons. The van der Waals surface area contributed by atoms with Gasteiger partial charge in [0.25, 0.3) is 0 Å². The molecule has 0 aliphatic carbocycles. The summed E-state index contributed by atoms with van der Waals surface area (Å²) in [6.07, 6.45) is 2.74.